The minimum atomic E-state index is -0.619. The van der Waals surface area contributed by atoms with Crippen LogP contribution in [0, 0.1) is 11.3 Å². The molecule has 0 amide bonds. The average molecular weight is 280 g/mol. The summed E-state index contributed by atoms with van der Waals surface area (Å²) in [6, 6.07) is 7.75. The number of nitrogens with zero attached hydrogens (tertiary/aromatic N) is 1. The number of nitriles is 1. The lowest BCUT2D eigenvalue weighted by atomic mass is 9.65. The first-order valence-corrected chi connectivity index (χ1v) is 5.67. The van der Waals surface area contributed by atoms with Crippen LogP contribution < -0.4 is 4.74 Å². The highest BCUT2D eigenvalue weighted by atomic mass is 79.9. The molecule has 0 atom stereocenters. The average Bonchev–Trinajstić information content (AvgIpc) is 2.24. The molecule has 0 radical (unpaired) electrons. The quantitative estimate of drug-likeness (QED) is 0.836. The highest BCUT2D eigenvalue weighted by molar-refractivity contribution is 9.10. The zero-order chi connectivity index (χ0) is 11.8. The van der Waals surface area contributed by atoms with Gasteiger partial charge in [-0.1, -0.05) is 6.07 Å². The van der Waals surface area contributed by atoms with E-state index in [1.165, 1.54) is 0 Å². The maximum absolute atomic E-state index is 11.1. The molecule has 1 fully saturated rings. The Balaban J connectivity index is 2.38. The van der Waals surface area contributed by atoms with Gasteiger partial charge in [-0.15, -0.1) is 0 Å². The van der Waals surface area contributed by atoms with Crippen LogP contribution in [0.15, 0.2) is 22.7 Å². The first kappa shape index (κ1) is 11.2. The Hall–Kier alpha value is -1.34. The minimum Gasteiger partial charge on any atom is -0.496 e. The molecule has 4 heteroatoms. The van der Waals surface area contributed by atoms with Crippen LogP contribution in [-0.2, 0) is 10.2 Å². The van der Waals surface area contributed by atoms with Gasteiger partial charge in [0.2, 0.25) is 0 Å². The van der Waals surface area contributed by atoms with Gasteiger partial charge in [-0.05, 0) is 33.6 Å². The molecule has 0 aliphatic heterocycles. The predicted molar refractivity (Wildman–Crippen MR) is 62.2 cm³/mol. The highest BCUT2D eigenvalue weighted by Crippen LogP contribution is 2.42. The molecule has 0 spiro atoms. The van der Waals surface area contributed by atoms with Crippen molar-refractivity contribution < 1.29 is 9.53 Å². The number of Topliss-reactive ketones (excluding diaryl/α,β-unsaturated/α-hetero) is 1. The molecule has 1 aromatic rings. The molecule has 1 aliphatic carbocycles. The van der Waals surface area contributed by atoms with Crippen molar-refractivity contribution in [3.8, 4) is 11.8 Å². The summed E-state index contributed by atoms with van der Waals surface area (Å²) in [5.41, 5.74) is 0.258. The summed E-state index contributed by atoms with van der Waals surface area (Å²) in [6.07, 6.45) is 0.643. The van der Waals surface area contributed by atoms with Crippen molar-refractivity contribution in [2.24, 2.45) is 0 Å². The summed E-state index contributed by atoms with van der Waals surface area (Å²) < 4.78 is 5.93. The summed E-state index contributed by atoms with van der Waals surface area (Å²) >= 11 is 3.38. The summed E-state index contributed by atoms with van der Waals surface area (Å²) in [4.78, 5) is 11.1. The number of ether oxygens (including phenoxy) is 1. The predicted octanol–water partition coefficient (Wildman–Crippen LogP) is 2.58. The Kier molecular flexibility index (Phi) is 2.73. The van der Waals surface area contributed by atoms with E-state index in [0.29, 0.717) is 12.8 Å². The molecule has 0 aromatic heterocycles. The molecular weight excluding hydrogens is 270 g/mol. The number of methoxy groups -OCH3 is 1. The summed E-state index contributed by atoms with van der Waals surface area (Å²) in [7, 11) is 1.59. The van der Waals surface area contributed by atoms with E-state index in [0.717, 1.165) is 15.8 Å². The first-order valence-electron chi connectivity index (χ1n) is 4.88. The van der Waals surface area contributed by atoms with E-state index in [9.17, 15) is 10.1 Å². The van der Waals surface area contributed by atoms with Crippen molar-refractivity contribution in [2.45, 2.75) is 18.3 Å². The molecule has 0 bridgehead atoms. The van der Waals surface area contributed by atoms with Gasteiger partial charge in [0.15, 0.2) is 0 Å². The summed E-state index contributed by atoms with van der Waals surface area (Å²) in [5, 5.41) is 9.18. The summed E-state index contributed by atoms with van der Waals surface area (Å²) in [6.45, 7) is 0. The van der Waals surface area contributed by atoms with Crippen molar-refractivity contribution in [3.05, 3.63) is 28.2 Å². The van der Waals surface area contributed by atoms with Gasteiger partial charge in [-0.3, -0.25) is 4.79 Å². The molecular formula is C12H10BrNO2. The van der Waals surface area contributed by atoms with Crippen molar-refractivity contribution in [1.29, 1.82) is 5.26 Å². The smallest absolute Gasteiger partial charge is 0.136 e. The second-order valence-electron chi connectivity index (χ2n) is 3.94. The van der Waals surface area contributed by atoms with Crippen molar-refractivity contribution >= 4 is 21.7 Å². The maximum Gasteiger partial charge on any atom is 0.136 e. The minimum absolute atomic E-state index is 0.147. The van der Waals surface area contributed by atoms with Gasteiger partial charge in [0.05, 0.1) is 23.1 Å². The number of benzene rings is 1. The Morgan fingerprint density at radius 1 is 1.50 bits per heavy atom. The molecule has 1 saturated carbocycles. The SMILES string of the molecule is COc1ccc(C2(C#N)CC(=O)C2)cc1Br. The first-order chi connectivity index (χ1) is 7.61. The molecule has 3 nitrogen and oxygen atoms in total. The largest absolute Gasteiger partial charge is 0.496 e. The lowest BCUT2D eigenvalue weighted by Gasteiger charge is -2.34. The normalized spacial score (nSPS) is 17.4. The number of carbonyl (C=O) groups excluding carboxylic acids is 1. The van der Waals surface area contributed by atoms with E-state index in [4.69, 9.17) is 4.74 Å². The molecule has 16 heavy (non-hydrogen) atoms. The fourth-order valence-corrected chi connectivity index (χ4v) is 2.47. The van der Waals surface area contributed by atoms with Crippen LogP contribution in [0.4, 0.5) is 0 Å². The van der Waals surface area contributed by atoms with Gasteiger partial charge < -0.3 is 4.74 Å². The molecule has 0 saturated heterocycles. The van der Waals surface area contributed by atoms with E-state index in [1.54, 1.807) is 13.2 Å². The second-order valence-corrected chi connectivity index (χ2v) is 4.79. The van der Waals surface area contributed by atoms with E-state index in [-0.39, 0.29) is 5.78 Å². The molecule has 1 aromatic carbocycles. The molecule has 1 aliphatic rings. The van der Waals surface area contributed by atoms with Gasteiger partial charge >= 0.3 is 0 Å². The molecule has 0 N–H and O–H groups in total. The molecule has 2 rings (SSSR count). The van der Waals surface area contributed by atoms with Gasteiger partial charge in [0.25, 0.3) is 0 Å². The third-order valence-corrected chi connectivity index (χ3v) is 3.54. The number of halogens is 1. The molecule has 0 unspecified atom stereocenters. The van der Waals surface area contributed by atoms with Crippen molar-refractivity contribution in [1.82, 2.24) is 0 Å². The van der Waals surface area contributed by atoms with E-state index in [1.807, 2.05) is 12.1 Å². The van der Waals surface area contributed by atoms with Gasteiger partial charge in [-0.2, -0.15) is 5.26 Å². The lowest BCUT2D eigenvalue weighted by molar-refractivity contribution is -0.126. The van der Waals surface area contributed by atoms with Crippen molar-refractivity contribution in [3.63, 3.8) is 0 Å². The third-order valence-electron chi connectivity index (χ3n) is 2.92. The van der Waals surface area contributed by atoms with Crippen LogP contribution in [0.1, 0.15) is 18.4 Å². The number of hydrogen-bond acceptors (Lipinski definition) is 3. The number of rotatable bonds is 2. The van der Waals surface area contributed by atoms with E-state index < -0.39 is 5.41 Å². The Morgan fingerprint density at radius 2 is 2.19 bits per heavy atom. The Bertz CT molecular complexity index is 482. The zero-order valence-corrected chi connectivity index (χ0v) is 10.4. The lowest BCUT2D eigenvalue weighted by Crippen LogP contribution is -2.40. The van der Waals surface area contributed by atoms with Crippen LogP contribution in [0.2, 0.25) is 0 Å². The number of ketones is 1. The topological polar surface area (TPSA) is 50.1 Å². The van der Waals surface area contributed by atoms with Crippen LogP contribution in [-0.4, -0.2) is 12.9 Å². The number of hydrogen-bond donors (Lipinski definition) is 0. The van der Waals surface area contributed by atoms with Crippen LogP contribution >= 0.6 is 15.9 Å². The molecule has 82 valence electrons. The van der Waals surface area contributed by atoms with Crippen LogP contribution in [0.3, 0.4) is 0 Å². The zero-order valence-electron chi connectivity index (χ0n) is 8.79. The van der Waals surface area contributed by atoms with Gasteiger partial charge in [-0.25, -0.2) is 0 Å². The number of carbonyl (C=O) groups is 1. The van der Waals surface area contributed by atoms with Crippen LogP contribution in [0.5, 0.6) is 5.75 Å². The Labute approximate surface area is 102 Å². The third kappa shape index (κ3) is 1.61. The standard InChI is InChI=1S/C12H10BrNO2/c1-16-11-3-2-8(4-10(11)13)12(7-14)5-9(15)6-12/h2-4H,5-6H2,1H3. The van der Waals surface area contributed by atoms with Gasteiger partial charge in [0, 0.05) is 12.8 Å². The van der Waals surface area contributed by atoms with Crippen LogP contribution in [0.25, 0.3) is 0 Å². The van der Waals surface area contributed by atoms with E-state index in [2.05, 4.69) is 22.0 Å². The Morgan fingerprint density at radius 3 is 2.62 bits per heavy atom. The highest BCUT2D eigenvalue weighted by Gasteiger charge is 2.45. The molecule has 0 heterocycles. The monoisotopic (exact) mass is 279 g/mol. The van der Waals surface area contributed by atoms with E-state index >= 15 is 0 Å². The summed E-state index contributed by atoms with van der Waals surface area (Å²) in [5.74, 6) is 0.871. The fraction of sp³-hybridized carbons (Fsp3) is 0.333. The maximum atomic E-state index is 11.1. The van der Waals surface area contributed by atoms with Gasteiger partial charge in [0.1, 0.15) is 11.5 Å². The second kappa shape index (κ2) is 3.91. The fourth-order valence-electron chi connectivity index (χ4n) is 1.93. The van der Waals surface area contributed by atoms with Crippen molar-refractivity contribution in [2.75, 3.05) is 7.11 Å².